The molecule has 27 heavy (non-hydrogen) atoms. The number of carbonyl (C=O) groups excluding carboxylic acids is 1. The second kappa shape index (κ2) is 6.90. The van der Waals surface area contributed by atoms with E-state index in [1.54, 1.807) is 47.6 Å². The normalized spacial score (nSPS) is 17.4. The Balaban J connectivity index is 1.54. The summed E-state index contributed by atoms with van der Waals surface area (Å²) in [5.74, 6) is -0.198. The van der Waals surface area contributed by atoms with Gasteiger partial charge in [0.15, 0.2) is 9.84 Å². The molecule has 3 aromatic rings. The van der Waals surface area contributed by atoms with Crippen LogP contribution in [0.1, 0.15) is 16.8 Å². The maximum Gasteiger partial charge on any atom is 0.253 e. The molecule has 1 aliphatic heterocycles. The molecule has 4 rings (SSSR count). The van der Waals surface area contributed by atoms with Crippen molar-refractivity contribution in [3.8, 4) is 0 Å². The number of rotatable bonds is 3. The molecular formula is C19H16ClN3O3S. The van der Waals surface area contributed by atoms with Crippen LogP contribution < -0.4 is 0 Å². The van der Waals surface area contributed by atoms with Crippen molar-refractivity contribution in [2.24, 2.45) is 0 Å². The van der Waals surface area contributed by atoms with E-state index in [0.29, 0.717) is 34.6 Å². The van der Waals surface area contributed by atoms with Crippen molar-refractivity contribution < 1.29 is 13.2 Å². The van der Waals surface area contributed by atoms with Gasteiger partial charge in [0.1, 0.15) is 0 Å². The van der Waals surface area contributed by atoms with Crippen LogP contribution in [0.4, 0.5) is 0 Å². The van der Waals surface area contributed by atoms with Crippen LogP contribution >= 0.6 is 11.6 Å². The Labute approximate surface area is 161 Å². The molecule has 0 N–H and O–H groups in total. The minimum atomic E-state index is -3.51. The zero-order chi connectivity index (χ0) is 19.0. The number of hydrogen-bond acceptors (Lipinski definition) is 5. The quantitative estimate of drug-likeness (QED) is 0.674. The largest absolute Gasteiger partial charge is 0.337 e. The van der Waals surface area contributed by atoms with Crippen LogP contribution in [-0.2, 0) is 9.84 Å². The van der Waals surface area contributed by atoms with Gasteiger partial charge in [0.25, 0.3) is 5.91 Å². The maximum atomic E-state index is 12.8. The highest BCUT2D eigenvalue weighted by atomic mass is 35.5. The van der Waals surface area contributed by atoms with Gasteiger partial charge in [0.2, 0.25) is 0 Å². The van der Waals surface area contributed by atoms with Crippen LogP contribution in [0.25, 0.3) is 11.0 Å². The molecule has 1 unspecified atom stereocenters. The number of hydrogen-bond donors (Lipinski definition) is 0. The van der Waals surface area contributed by atoms with Crippen molar-refractivity contribution in [3.05, 3.63) is 65.4 Å². The summed E-state index contributed by atoms with van der Waals surface area (Å²) in [6.07, 6.45) is 3.57. The monoisotopic (exact) mass is 401 g/mol. The van der Waals surface area contributed by atoms with Crippen LogP contribution in [0, 0.1) is 0 Å². The molecule has 1 amide bonds. The standard InChI is InChI=1S/C19H16ClN3O3S/c20-14-2-4-15(5-3-14)27(25,26)16-7-10-23(12-16)19(24)13-1-6-17-18(11-13)22-9-8-21-17/h1-6,8-9,11,16H,7,10,12H2. The van der Waals surface area contributed by atoms with Crippen LogP contribution in [0.3, 0.4) is 0 Å². The molecule has 0 radical (unpaired) electrons. The van der Waals surface area contributed by atoms with E-state index in [-0.39, 0.29) is 17.3 Å². The topological polar surface area (TPSA) is 80.2 Å². The SMILES string of the molecule is O=C(c1ccc2nccnc2c1)N1CCC(S(=O)(=O)c2ccc(Cl)cc2)C1. The Morgan fingerprint density at radius 1 is 1.04 bits per heavy atom. The first-order valence-corrected chi connectivity index (χ1v) is 10.4. The first kappa shape index (κ1) is 17.9. The van der Waals surface area contributed by atoms with E-state index >= 15 is 0 Å². The van der Waals surface area contributed by atoms with Gasteiger partial charge in [0, 0.05) is 36.1 Å². The minimum Gasteiger partial charge on any atom is -0.337 e. The smallest absolute Gasteiger partial charge is 0.253 e. The van der Waals surface area contributed by atoms with Gasteiger partial charge in [-0.25, -0.2) is 8.42 Å². The Bertz CT molecular complexity index is 1120. The number of benzene rings is 2. The molecule has 1 aliphatic rings. The summed E-state index contributed by atoms with van der Waals surface area (Å²) in [7, 11) is -3.51. The lowest BCUT2D eigenvalue weighted by molar-refractivity contribution is 0.0793. The van der Waals surface area contributed by atoms with E-state index < -0.39 is 15.1 Å². The molecule has 0 saturated carbocycles. The third-order valence-corrected chi connectivity index (χ3v) is 7.17. The highest BCUT2D eigenvalue weighted by molar-refractivity contribution is 7.92. The number of aromatic nitrogens is 2. The number of carbonyl (C=O) groups is 1. The van der Waals surface area contributed by atoms with Crippen molar-refractivity contribution in [2.75, 3.05) is 13.1 Å². The summed E-state index contributed by atoms with van der Waals surface area (Å²) >= 11 is 5.84. The summed E-state index contributed by atoms with van der Waals surface area (Å²) in [6.45, 7) is 0.567. The van der Waals surface area contributed by atoms with Crippen molar-refractivity contribution in [3.63, 3.8) is 0 Å². The van der Waals surface area contributed by atoms with Gasteiger partial charge in [-0.3, -0.25) is 14.8 Å². The molecule has 0 aliphatic carbocycles. The number of sulfone groups is 1. The lowest BCUT2D eigenvalue weighted by atomic mass is 10.1. The highest BCUT2D eigenvalue weighted by Crippen LogP contribution is 2.26. The molecule has 1 atom stereocenters. The second-order valence-corrected chi connectivity index (χ2v) is 9.09. The van der Waals surface area contributed by atoms with Gasteiger partial charge < -0.3 is 4.90 Å². The molecule has 0 bridgehead atoms. The maximum absolute atomic E-state index is 12.8. The Kier molecular flexibility index (Phi) is 4.57. The second-order valence-electron chi connectivity index (χ2n) is 6.42. The Morgan fingerprint density at radius 2 is 1.74 bits per heavy atom. The van der Waals surface area contributed by atoms with Crippen LogP contribution in [0.2, 0.25) is 5.02 Å². The van der Waals surface area contributed by atoms with Gasteiger partial charge in [-0.1, -0.05) is 11.6 Å². The number of nitrogens with zero attached hydrogens (tertiary/aromatic N) is 3. The van der Waals surface area contributed by atoms with Crippen molar-refractivity contribution in [1.82, 2.24) is 14.9 Å². The van der Waals surface area contributed by atoms with E-state index in [1.807, 2.05) is 0 Å². The zero-order valence-corrected chi connectivity index (χ0v) is 15.8. The highest BCUT2D eigenvalue weighted by Gasteiger charge is 2.36. The zero-order valence-electron chi connectivity index (χ0n) is 14.2. The fourth-order valence-electron chi connectivity index (χ4n) is 3.26. The number of likely N-dealkylation sites (tertiary alicyclic amines) is 1. The molecule has 2 aromatic carbocycles. The van der Waals surface area contributed by atoms with E-state index in [1.165, 1.54) is 12.1 Å². The number of amides is 1. The molecule has 1 saturated heterocycles. The summed E-state index contributed by atoms with van der Waals surface area (Å²) in [4.78, 5) is 23.0. The molecule has 6 nitrogen and oxygen atoms in total. The van der Waals surface area contributed by atoms with Gasteiger partial charge in [-0.15, -0.1) is 0 Å². The van der Waals surface area contributed by atoms with Crippen molar-refractivity contribution in [2.45, 2.75) is 16.6 Å². The first-order valence-electron chi connectivity index (χ1n) is 8.45. The summed E-state index contributed by atoms with van der Waals surface area (Å²) < 4.78 is 25.7. The van der Waals surface area contributed by atoms with E-state index in [2.05, 4.69) is 9.97 Å². The van der Waals surface area contributed by atoms with Crippen LogP contribution in [-0.4, -0.2) is 47.5 Å². The van der Waals surface area contributed by atoms with Crippen molar-refractivity contribution >= 4 is 38.4 Å². The average Bonchev–Trinajstić information content (AvgIpc) is 3.18. The molecule has 8 heteroatoms. The molecule has 138 valence electrons. The minimum absolute atomic E-state index is 0.169. The van der Waals surface area contributed by atoms with E-state index in [0.717, 1.165) is 0 Å². The third-order valence-electron chi connectivity index (χ3n) is 4.73. The first-order chi connectivity index (χ1) is 12.9. The Morgan fingerprint density at radius 3 is 2.48 bits per heavy atom. The van der Waals surface area contributed by atoms with E-state index in [9.17, 15) is 13.2 Å². The molecule has 0 spiro atoms. The predicted octanol–water partition coefficient (Wildman–Crippen LogP) is 2.97. The molecule has 1 aromatic heterocycles. The van der Waals surface area contributed by atoms with Gasteiger partial charge in [-0.05, 0) is 48.9 Å². The van der Waals surface area contributed by atoms with Crippen LogP contribution in [0.5, 0.6) is 0 Å². The molecular weight excluding hydrogens is 386 g/mol. The van der Waals surface area contributed by atoms with E-state index in [4.69, 9.17) is 11.6 Å². The van der Waals surface area contributed by atoms with Gasteiger partial charge in [0.05, 0.1) is 21.2 Å². The fraction of sp³-hybridized carbons (Fsp3) is 0.211. The van der Waals surface area contributed by atoms with Gasteiger partial charge >= 0.3 is 0 Å². The number of fused-ring (bicyclic) bond motifs is 1. The lowest BCUT2D eigenvalue weighted by Gasteiger charge is -2.17. The van der Waals surface area contributed by atoms with Crippen molar-refractivity contribution in [1.29, 1.82) is 0 Å². The third kappa shape index (κ3) is 3.40. The summed E-state index contributed by atoms with van der Waals surface area (Å²) in [5, 5.41) is -0.139. The van der Waals surface area contributed by atoms with Crippen LogP contribution in [0.15, 0.2) is 59.8 Å². The molecule has 2 heterocycles. The Hall–Kier alpha value is -2.51. The fourth-order valence-corrected chi connectivity index (χ4v) is 5.08. The van der Waals surface area contributed by atoms with Gasteiger partial charge in [-0.2, -0.15) is 0 Å². The number of halogens is 1. The summed E-state index contributed by atoms with van der Waals surface area (Å²) in [5.41, 5.74) is 1.82. The predicted molar refractivity (Wildman–Crippen MR) is 102 cm³/mol. The summed E-state index contributed by atoms with van der Waals surface area (Å²) in [6, 6.07) is 11.2. The lowest BCUT2D eigenvalue weighted by Crippen LogP contribution is -2.32. The average molecular weight is 402 g/mol. The molecule has 1 fully saturated rings.